The maximum atomic E-state index is 12.3. The summed E-state index contributed by atoms with van der Waals surface area (Å²) in [7, 11) is 0. The Morgan fingerprint density at radius 3 is 2.71 bits per heavy atom. The van der Waals surface area contributed by atoms with Crippen molar-refractivity contribution in [3.63, 3.8) is 0 Å². The van der Waals surface area contributed by atoms with E-state index < -0.39 is 0 Å². The Bertz CT molecular complexity index is 586. The van der Waals surface area contributed by atoms with Crippen LogP contribution in [0.15, 0.2) is 18.2 Å². The highest BCUT2D eigenvalue weighted by Gasteiger charge is 2.48. The van der Waals surface area contributed by atoms with Crippen molar-refractivity contribution >= 4 is 23.2 Å². The van der Waals surface area contributed by atoms with Crippen molar-refractivity contribution in [1.29, 1.82) is 0 Å². The molecule has 0 bridgehead atoms. The van der Waals surface area contributed by atoms with E-state index in [1.807, 2.05) is 32.0 Å². The van der Waals surface area contributed by atoms with Crippen LogP contribution in [0, 0.1) is 5.92 Å². The van der Waals surface area contributed by atoms with Gasteiger partial charge in [0.1, 0.15) is 0 Å². The first kappa shape index (κ1) is 14.1. The fraction of sp³-hybridized carbons (Fsp3) is 0.529. The molecular formula is C17H22N2O2. The maximum absolute atomic E-state index is 12.3. The summed E-state index contributed by atoms with van der Waals surface area (Å²) in [6, 6.07) is 5.76. The summed E-state index contributed by atoms with van der Waals surface area (Å²) >= 11 is 0. The van der Waals surface area contributed by atoms with E-state index in [1.165, 1.54) is 0 Å². The van der Waals surface area contributed by atoms with Crippen LogP contribution in [0.4, 0.5) is 11.4 Å². The van der Waals surface area contributed by atoms with Gasteiger partial charge in [-0.3, -0.25) is 9.59 Å². The van der Waals surface area contributed by atoms with Crippen molar-refractivity contribution in [3.8, 4) is 0 Å². The van der Waals surface area contributed by atoms with Crippen molar-refractivity contribution in [2.24, 2.45) is 5.92 Å². The van der Waals surface area contributed by atoms with Gasteiger partial charge in [-0.2, -0.15) is 0 Å². The van der Waals surface area contributed by atoms with Gasteiger partial charge in [-0.25, -0.2) is 0 Å². The van der Waals surface area contributed by atoms with Gasteiger partial charge in [-0.15, -0.1) is 0 Å². The van der Waals surface area contributed by atoms with Gasteiger partial charge < -0.3 is 10.6 Å². The average molecular weight is 286 g/mol. The third-order valence-corrected chi connectivity index (χ3v) is 4.55. The summed E-state index contributed by atoms with van der Waals surface area (Å²) in [5.41, 5.74) is 2.41. The summed E-state index contributed by atoms with van der Waals surface area (Å²) < 4.78 is 0. The van der Waals surface area contributed by atoms with Crippen molar-refractivity contribution in [3.05, 3.63) is 23.8 Å². The second-order valence-electron chi connectivity index (χ2n) is 6.65. The Morgan fingerprint density at radius 2 is 2.05 bits per heavy atom. The zero-order chi connectivity index (χ0) is 15.0. The van der Waals surface area contributed by atoms with E-state index in [2.05, 4.69) is 10.6 Å². The summed E-state index contributed by atoms with van der Waals surface area (Å²) in [6.45, 7) is 4.05. The molecule has 1 saturated carbocycles. The third kappa shape index (κ3) is 2.43. The highest BCUT2D eigenvalue weighted by molar-refractivity contribution is 6.07. The first-order valence-corrected chi connectivity index (χ1v) is 7.77. The van der Waals surface area contributed by atoms with Gasteiger partial charge in [-0.05, 0) is 42.5 Å². The molecule has 4 nitrogen and oxygen atoms in total. The van der Waals surface area contributed by atoms with Crippen LogP contribution in [0.1, 0.15) is 51.5 Å². The van der Waals surface area contributed by atoms with Gasteiger partial charge in [0.15, 0.2) is 0 Å². The molecule has 1 heterocycles. The summed E-state index contributed by atoms with van der Waals surface area (Å²) in [5.74, 6) is 0.493. The molecule has 1 fully saturated rings. The first-order valence-electron chi connectivity index (χ1n) is 7.77. The van der Waals surface area contributed by atoms with E-state index in [0.29, 0.717) is 12.3 Å². The molecule has 0 aromatic heterocycles. The van der Waals surface area contributed by atoms with Gasteiger partial charge in [0, 0.05) is 17.8 Å². The second-order valence-corrected chi connectivity index (χ2v) is 6.65. The molecule has 2 amide bonds. The molecular weight excluding hydrogens is 264 g/mol. The number of benzene rings is 1. The first-order chi connectivity index (χ1) is 10.0. The predicted octanol–water partition coefficient (Wildman–Crippen LogP) is 3.44. The van der Waals surface area contributed by atoms with E-state index in [4.69, 9.17) is 0 Å². The third-order valence-electron chi connectivity index (χ3n) is 4.55. The van der Waals surface area contributed by atoms with Crippen LogP contribution in [0.5, 0.6) is 0 Å². The van der Waals surface area contributed by atoms with Crippen LogP contribution in [0.3, 0.4) is 0 Å². The van der Waals surface area contributed by atoms with Crippen LogP contribution >= 0.6 is 0 Å². The zero-order valence-electron chi connectivity index (χ0n) is 12.7. The Labute approximate surface area is 125 Å². The van der Waals surface area contributed by atoms with E-state index in [1.54, 1.807) is 0 Å². The molecule has 112 valence electrons. The molecule has 21 heavy (non-hydrogen) atoms. The minimum Gasteiger partial charge on any atom is -0.326 e. The molecule has 3 rings (SSSR count). The Morgan fingerprint density at radius 1 is 1.33 bits per heavy atom. The van der Waals surface area contributed by atoms with Crippen LogP contribution in [0.25, 0.3) is 0 Å². The normalized spacial score (nSPS) is 18.9. The summed E-state index contributed by atoms with van der Waals surface area (Å²) in [4.78, 5) is 24.2. The topological polar surface area (TPSA) is 58.2 Å². The van der Waals surface area contributed by atoms with E-state index in [9.17, 15) is 9.59 Å². The SMILES string of the molecule is CC(C)CC(=O)Nc1ccc2c(c1)C1(CCCC1)C(=O)N2. The highest BCUT2D eigenvalue weighted by Crippen LogP contribution is 2.49. The average Bonchev–Trinajstić information content (AvgIpc) is 2.98. The molecule has 1 spiro atoms. The predicted molar refractivity (Wildman–Crippen MR) is 83.3 cm³/mol. The van der Waals surface area contributed by atoms with E-state index in [-0.39, 0.29) is 17.2 Å². The lowest BCUT2D eigenvalue weighted by atomic mass is 9.80. The standard InChI is InChI=1S/C17H22N2O2/c1-11(2)9-15(20)18-12-5-6-14-13(10-12)17(16(21)19-14)7-3-4-8-17/h5-6,10-11H,3-4,7-9H2,1-2H3,(H,18,20)(H,19,21). The number of carbonyl (C=O) groups excluding carboxylic acids is 2. The zero-order valence-corrected chi connectivity index (χ0v) is 12.7. The smallest absolute Gasteiger partial charge is 0.235 e. The molecule has 0 saturated heterocycles. The van der Waals surface area contributed by atoms with Gasteiger partial charge in [0.05, 0.1) is 5.41 Å². The highest BCUT2D eigenvalue weighted by atomic mass is 16.2. The fourth-order valence-corrected chi connectivity index (χ4v) is 3.55. The number of carbonyl (C=O) groups is 2. The minimum atomic E-state index is -0.353. The van der Waals surface area contributed by atoms with Crippen molar-refractivity contribution in [2.45, 2.75) is 51.4 Å². The molecule has 1 aromatic rings. The lowest BCUT2D eigenvalue weighted by Gasteiger charge is -2.21. The van der Waals surface area contributed by atoms with Crippen molar-refractivity contribution in [2.75, 3.05) is 10.6 Å². The van der Waals surface area contributed by atoms with Crippen LogP contribution in [-0.2, 0) is 15.0 Å². The summed E-state index contributed by atoms with van der Waals surface area (Å²) in [5, 5.41) is 5.94. The minimum absolute atomic E-state index is 0.0303. The van der Waals surface area contributed by atoms with E-state index in [0.717, 1.165) is 42.6 Å². The lowest BCUT2D eigenvalue weighted by Crippen LogP contribution is -2.31. The van der Waals surface area contributed by atoms with Crippen LogP contribution in [0.2, 0.25) is 0 Å². The molecule has 1 aliphatic carbocycles. The molecule has 2 aliphatic rings. The number of hydrogen-bond acceptors (Lipinski definition) is 2. The number of hydrogen-bond donors (Lipinski definition) is 2. The van der Waals surface area contributed by atoms with Gasteiger partial charge in [0.25, 0.3) is 0 Å². The van der Waals surface area contributed by atoms with Gasteiger partial charge >= 0.3 is 0 Å². The molecule has 1 aromatic carbocycles. The van der Waals surface area contributed by atoms with Crippen molar-refractivity contribution < 1.29 is 9.59 Å². The quantitative estimate of drug-likeness (QED) is 0.894. The Kier molecular flexibility index (Phi) is 3.47. The maximum Gasteiger partial charge on any atom is 0.235 e. The summed E-state index contributed by atoms with van der Waals surface area (Å²) in [6.07, 6.45) is 4.53. The van der Waals surface area contributed by atoms with E-state index >= 15 is 0 Å². The Balaban J connectivity index is 1.86. The largest absolute Gasteiger partial charge is 0.326 e. The van der Waals surface area contributed by atoms with Gasteiger partial charge in [0.2, 0.25) is 11.8 Å². The Hall–Kier alpha value is -1.84. The number of anilines is 2. The molecule has 4 heteroatoms. The van der Waals surface area contributed by atoms with Crippen LogP contribution < -0.4 is 10.6 Å². The number of amides is 2. The second kappa shape index (κ2) is 5.17. The van der Waals surface area contributed by atoms with Crippen molar-refractivity contribution in [1.82, 2.24) is 0 Å². The number of nitrogens with one attached hydrogen (secondary N) is 2. The molecule has 1 aliphatic heterocycles. The number of rotatable bonds is 3. The van der Waals surface area contributed by atoms with Gasteiger partial charge in [-0.1, -0.05) is 26.7 Å². The molecule has 2 N–H and O–H groups in total. The molecule has 0 atom stereocenters. The molecule has 0 radical (unpaired) electrons. The monoisotopic (exact) mass is 286 g/mol. The lowest BCUT2D eigenvalue weighted by molar-refractivity contribution is -0.120. The fourth-order valence-electron chi connectivity index (χ4n) is 3.55. The number of fused-ring (bicyclic) bond motifs is 2. The van der Waals surface area contributed by atoms with Crippen LogP contribution in [-0.4, -0.2) is 11.8 Å². The molecule has 0 unspecified atom stereocenters.